The molecule has 0 fully saturated rings. The van der Waals surface area contributed by atoms with Gasteiger partial charge in [0.25, 0.3) is 0 Å². The maximum Gasteiger partial charge on any atom is 0.344 e. The van der Waals surface area contributed by atoms with Gasteiger partial charge in [-0.2, -0.15) is 0 Å². The number of benzene rings is 4. The largest absolute Gasteiger partial charge is 0.744 e. The predicted molar refractivity (Wildman–Crippen MR) is 212 cm³/mol. The molecule has 296 valence electrons. The zero-order chi connectivity index (χ0) is 40.9. The van der Waals surface area contributed by atoms with E-state index in [0.29, 0.717) is 18.1 Å². The van der Waals surface area contributed by atoms with E-state index in [9.17, 15) is 22.6 Å². The minimum Gasteiger partial charge on any atom is -0.744 e. The molecular weight excluding hydrogens is 755 g/mol. The zero-order valence-corrected chi connectivity index (χ0v) is 34.1. The molecule has 0 aliphatic heterocycles. The lowest BCUT2D eigenvalue weighted by molar-refractivity contribution is -0.158. The normalized spacial score (nSPS) is 11.5. The lowest BCUT2D eigenvalue weighted by Crippen LogP contribution is -2.27. The van der Waals surface area contributed by atoms with E-state index in [2.05, 4.69) is 11.1 Å². The average molecular weight is 802 g/mol. The van der Waals surface area contributed by atoms with E-state index in [0.717, 1.165) is 31.7 Å². The highest BCUT2D eigenvalue weighted by Crippen LogP contribution is 2.35. The first-order valence-corrected chi connectivity index (χ1v) is 20.3. The van der Waals surface area contributed by atoms with Crippen LogP contribution in [0.3, 0.4) is 0 Å². The van der Waals surface area contributed by atoms with Gasteiger partial charge < -0.3 is 28.2 Å². The van der Waals surface area contributed by atoms with Gasteiger partial charge in [-0.1, -0.05) is 29.8 Å². The van der Waals surface area contributed by atoms with Crippen molar-refractivity contribution in [1.29, 1.82) is 0 Å². The van der Waals surface area contributed by atoms with Gasteiger partial charge in [-0.15, -0.1) is 0 Å². The van der Waals surface area contributed by atoms with Crippen molar-refractivity contribution >= 4 is 33.0 Å². The van der Waals surface area contributed by atoms with Gasteiger partial charge in [-0.3, -0.25) is 4.98 Å². The first kappa shape index (κ1) is 43.4. The maximum absolute atomic E-state index is 12.1. The van der Waals surface area contributed by atoms with Gasteiger partial charge in [0.15, 0.2) is 27.9 Å². The fourth-order valence-electron chi connectivity index (χ4n) is 4.82. The number of carbonyl (C=O) groups excluding carboxylic acids is 2. The number of pyridine rings is 1. The van der Waals surface area contributed by atoms with Crippen LogP contribution >= 0.6 is 0 Å². The number of aryl methyl sites for hydroxylation is 1. The van der Waals surface area contributed by atoms with Gasteiger partial charge in [0.05, 0.1) is 21.5 Å². The summed E-state index contributed by atoms with van der Waals surface area (Å²) in [5.74, 6) is 0.994. The quantitative estimate of drug-likeness (QED) is 0.0646. The van der Waals surface area contributed by atoms with Gasteiger partial charge in [0.1, 0.15) is 45.2 Å². The molecule has 0 atom stereocenters. The number of ether oxygens (including phenoxy) is 5. The molecule has 56 heavy (non-hydrogen) atoms. The number of hydrogen-bond acceptors (Lipinski definition) is 11. The molecule has 4 aromatic carbocycles. The van der Waals surface area contributed by atoms with Crippen LogP contribution < -0.4 is 14.2 Å². The van der Waals surface area contributed by atoms with Crippen LogP contribution in [0.5, 0.6) is 17.2 Å². The van der Waals surface area contributed by atoms with Crippen LogP contribution in [0.1, 0.15) is 52.8 Å². The predicted octanol–water partition coefficient (Wildman–Crippen LogP) is 8.10. The summed E-state index contributed by atoms with van der Waals surface area (Å²) in [4.78, 5) is 31.5. The molecular formula is C43H47NO10S2. The van der Waals surface area contributed by atoms with Gasteiger partial charge in [-0.05, 0) is 133 Å². The van der Waals surface area contributed by atoms with E-state index in [4.69, 9.17) is 23.7 Å². The molecule has 13 heteroatoms. The van der Waals surface area contributed by atoms with E-state index in [1.54, 1.807) is 18.3 Å². The Bertz CT molecular complexity index is 2050. The Morgan fingerprint density at radius 3 is 1.59 bits per heavy atom. The molecule has 0 unspecified atom stereocenters. The standard InChI is InChI=1S/C36H40NO7S.C7H8O3S/c1-35(2,3)43-33(38)24-41-27-13-17-30(18-14-27)45(31-19-15-28(16-20-31)42-25-34(39)44-36(4,5)6)32-12-9-11-29(22-32)40-23-26-10-7-8-21-37-26;1-6-2-4-7(5-3-6)11(8,9)10/h7-22H,23-25H2,1-6H3;2-5H,1H3,(H,8,9,10)/q+1;/p-1. The summed E-state index contributed by atoms with van der Waals surface area (Å²) in [6.07, 6.45) is 1.74. The monoisotopic (exact) mass is 801 g/mol. The second-order valence-corrected chi connectivity index (χ2v) is 17.8. The van der Waals surface area contributed by atoms with Crippen molar-refractivity contribution in [2.45, 2.75) is 85.9 Å². The lowest BCUT2D eigenvalue weighted by Gasteiger charge is -2.19. The topological polar surface area (TPSA) is 150 Å². The maximum atomic E-state index is 12.1. The Morgan fingerprint density at radius 1 is 0.625 bits per heavy atom. The van der Waals surface area contributed by atoms with Crippen LogP contribution in [0, 0.1) is 6.92 Å². The summed E-state index contributed by atoms with van der Waals surface area (Å²) >= 11 is 0. The van der Waals surface area contributed by atoms with Gasteiger partial charge in [0, 0.05) is 12.3 Å². The molecule has 5 aromatic rings. The molecule has 0 spiro atoms. The highest BCUT2D eigenvalue weighted by Gasteiger charge is 2.30. The molecule has 0 aliphatic rings. The van der Waals surface area contributed by atoms with Crippen LogP contribution in [0.25, 0.3) is 0 Å². The van der Waals surface area contributed by atoms with Crippen molar-refractivity contribution in [2.75, 3.05) is 13.2 Å². The minimum atomic E-state index is -4.27. The Morgan fingerprint density at radius 2 is 1.14 bits per heavy atom. The molecule has 0 radical (unpaired) electrons. The minimum absolute atomic E-state index is 0.178. The Labute approximate surface area is 332 Å². The molecule has 0 saturated carbocycles. The molecule has 0 aliphatic carbocycles. The fraction of sp³-hybridized carbons (Fsp3) is 0.279. The summed E-state index contributed by atoms with van der Waals surface area (Å²) in [5.41, 5.74) is 0.610. The van der Waals surface area contributed by atoms with Crippen LogP contribution in [-0.4, -0.2) is 54.3 Å². The van der Waals surface area contributed by atoms with E-state index in [-0.39, 0.29) is 18.1 Å². The van der Waals surface area contributed by atoms with Crippen molar-refractivity contribution in [3.63, 3.8) is 0 Å². The summed E-state index contributed by atoms with van der Waals surface area (Å²) in [7, 11) is -4.80. The summed E-state index contributed by atoms with van der Waals surface area (Å²) < 4.78 is 59.3. The first-order valence-electron chi connectivity index (χ1n) is 17.6. The summed E-state index contributed by atoms with van der Waals surface area (Å²) in [5, 5.41) is 0. The third-order valence-electron chi connectivity index (χ3n) is 7.14. The van der Waals surface area contributed by atoms with Crippen LogP contribution in [0.15, 0.2) is 141 Å². The number of hydrogen-bond donors (Lipinski definition) is 0. The van der Waals surface area contributed by atoms with Crippen molar-refractivity contribution in [1.82, 2.24) is 4.98 Å². The van der Waals surface area contributed by atoms with Gasteiger partial charge >= 0.3 is 11.9 Å². The molecule has 11 nitrogen and oxygen atoms in total. The number of rotatable bonds is 13. The molecule has 0 amide bonds. The van der Waals surface area contributed by atoms with Gasteiger partial charge in [0.2, 0.25) is 0 Å². The number of aromatic nitrogens is 1. The Kier molecular flexibility index (Phi) is 15.1. The van der Waals surface area contributed by atoms with E-state index >= 15 is 0 Å². The lowest BCUT2D eigenvalue weighted by atomic mass is 10.2. The number of esters is 2. The van der Waals surface area contributed by atoms with Crippen molar-refractivity contribution in [3.05, 3.63) is 133 Å². The molecule has 1 aromatic heterocycles. The Balaban J connectivity index is 0.000000544. The third kappa shape index (κ3) is 15.0. The zero-order valence-electron chi connectivity index (χ0n) is 32.5. The summed E-state index contributed by atoms with van der Waals surface area (Å²) in [6, 6.07) is 34.8. The molecule has 5 rings (SSSR count). The van der Waals surface area contributed by atoms with Crippen LogP contribution in [0.2, 0.25) is 0 Å². The van der Waals surface area contributed by atoms with Crippen LogP contribution in [-0.2, 0) is 46.7 Å². The highest BCUT2D eigenvalue weighted by molar-refractivity contribution is 7.97. The second kappa shape index (κ2) is 19.5. The van der Waals surface area contributed by atoms with Crippen molar-refractivity contribution in [2.24, 2.45) is 0 Å². The van der Waals surface area contributed by atoms with E-state index < -0.39 is 44.2 Å². The second-order valence-electron chi connectivity index (χ2n) is 14.4. The van der Waals surface area contributed by atoms with E-state index in [1.807, 2.05) is 133 Å². The summed E-state index contributed by atoms with van der Waals surface area (Å²) in [6.45, 7) is 12.7. The van der Waals surface area contributed by atoms with E-state index in [1.165, 1.54) is 12.1 Å². The third-order valence-corrected chi connectivity index (χ3v) is 10.2. The first-order chi connectivity index (χ1) is 26.3. The number of nitrogens with zero attached hydrogens (tertiary/aromatic N) is 1. The van der Waals surface area contributed by atoms with Crippen molar-refractivity contribution < 1.29 is 46.2 Å². The molecule has 1 heterocycles. The fourth-order valence-corrected chi connectivity index (χ4v) is 7.37. The van der Waals surface area contributed by atoms with Crippen LogP contribution in [0.4, 0.5) is 0 Å². The molecule has 0 bridgehead atoms. The average Bonchev–Trinajstić information content (AvgIpc) is 3.13. The molecule has 0 N–H and O–H groups in total. The smallest absolute Gasteiger partial charge is 0.344 e. The molecule has 0 saturated heterocycles. The highest BCUT2D eigenvalue weighted by atomic mass is 32.2. The Hall–Kier alpha value is -5.37. The number of carbonyl (C=O) groups is 2. The van der Waals surface area contributed by atoms with Gasteiger partial charge in [-0.25, -0.2) is 18.0 Å². The SMILES string of the molecule is CC(C)(C)OC(=O)COc1ccc([S+](c2ccc(OCC(=O)OC(C)(C)C)cc2)c2cccc(OCc3ccccn3)c2)cc1.Cc1ccc(S(=O)(=O)[O-])cc1. The van der Waals surface area contributed by atoms with Crippen molar-refractivity contribution in [3.8, 4) is 17.2 Å².